The molecule has 3 rings (SSSR count). The molecule has 0 saturated heterocycles. The molecule has 32 heavy (non-hydrogen) atoms. The van der Waals surface area contributed by atoms with Gasteiger partial charge in [0.2, 0.25) is 0 Å². The number of nitrogens with zero attached hydrogens (tertiary/aromatic N) is 4. The molecule has 0 unspecified atom stereocenters. The van der Waals surface area contributed by atoms with E-state index in [4.69, 9.17) is 4.74 Å². The van der Waals surface area contributed by atoms with Gasteiger partial charge in [-0.3, -0.25) is 15.1 Å². The Balaban J connectivity index is 2.03. The van der Waals surface area contributed by atoms with Crippen LogP contribution in [0.4, 0.5) is 10.5 Å². The molecule has 3 aromatic rings. The molecule has 0 aliphatic heterocycles. The third kappa shape index (κ3) is 5.37. The molecule has 0 aliphatic rings. The zero-order valence-corrected chi connectivity index (χ0v) is 18.2. The molecular weight excluding hydrogens is 410 g/mol. The number of para-hydroxylation sites is 1. The molecular formula is C23H25N5O4. The van der Waals surface area contributed by atoms with E-state index in [2.05, 4.69) is 22.0 Å². The largest absolute Gasteiger partial charge is 0.439 e. The van der Waals surface area contributed by atoms with Crippen LogP contribution in [-0.4, -0.2) is 31.3 Å². The van der Waals surface area contributed by atoms with E-state index >= 15 is 0 Å². The number of nitrogens with one attached hydrogen (secondary N) is 1. The van der Waals surface area contributed by atoms with Crippen LogP contribution < -0.4 is 5.32 Å². The van der Waals surface area contributed by atoms with Gasteiger partial charge in [0.25, 0.3) is 0 Å². The third-order valence-electron chi connectivity index (χ3n) is 4.44. The van der Waals surface area contributed by atoms with Crippen LogP contribution >= 0.6 is 0 Å². The molecule has 2 heterocycles. The number of nitro groups is 1. The summed E-state index contributed by atoms with van der Waals surface area (Å²) in [5, 5.41) is 18.7. The summed E-state index contributed by atoms with van der Waals surface area (Å²) in [5.74, 6) is 0. The minimum absolute atomic E-state index is 0.141. The molecule has 1 aromatic carbocycles. The Hall–Kier alpha value is -4.01. The Bertz CT molecular complexity index is 1120. The van der Waals surface area contributed by atoms with E-state index in [1.807, 2.05) is 51.1 Å². The fraction of sp³-hybridized carbons (Fsp3) is 0.261. The van der Waals surface area contributed by atoms with Crippen molar-refractivity contribution in [2.45, 2.75) is 38.8 Å². The highest BCUT2D eigenvalue weighted by atomic mass is 16.6. The van der Waals surface area contributed by atoms with Gasteiger partial charge >= 0.3 is 11.8 Å². The molecule has 0 radical (unpaired) electrons. The van der Waals surface area contributed by atoms with E-state index in [1.165, 1.54) is 17.1 Å². The Kier molecular flexibility index (Phi) is 6.67. The van der Waals surface area contributed by atoms with E-state index < -0.39 is 22.7 Å². The van der Waals surface area contributed by atoms with Gasteiger partial charge in [0.15, 0.2) is 5.69 Å². The normalized spacial score (nSPS) is 12.1. The lowest BCUT2D eigenvalue weighted by Gasteiger charge is -2.23. The summed E-state index contributed by atoms with van der Waals surface area (Å²) in [5.41, 5.74) is 1.35. The highest BCUT2D eigenvalue weighted by Crippen LogP contribution is 2.33. The second-order valence-electron chi connectivity index (χ2n) is 8.15. The smallest absolute Gasteiger partial charge is 0.408 e. The average molecular weight is 435 g/mol. The van der Waals surface area contributed by atoms with Crippen LogP contribution in [0.1, 0.15) is 39.0 Å². The van der Waals surface area contributed by atoms with Crippen LogP contribution in [0.15, 0.2) is 67.5 Å². The first-order chi connectivity index (χ1) is 15.2. The van der Waals surface area contributed by atoms with Crippen LogP contribution in [0.3, 0.4) is 0 Å². The fourth-order valence-corrected chi connectivity index (χ4v) is 3.13. The van der Waals surface area contributed by atoms with Crippen molar-refractivity contribution in [3.05, 3.63) is 83.3 Å². The number of carbonyl (C=O) groups excluding carboxylic acids is 1. The van der Waals surface area contributed by atoms with Crippen molar-refractivity contribution in [3.63, 3.8) is 0 Å². The lowest BCUT2D eigenvalue weighted by Crippen LogP contribution is -2.41. The Morgan fingerprint density at radius 2 is 2.03 bits per heavy atom. The standard InChI is InChI=1S/C23H25N5O4/c1-5-9-20(32-22(29)26-23(2,3)4)18-14-16(12-13-24-18)21-19(28(30)31)15-25-27(21)17-10-7-6-8-11-17/h5-8,10-15,20H,1,9H2,2-4H3,(H,26,29)/t20-/m0/s1. The van der Waals surface area contributed by atoms with Gasteiger partial charge in [-0.1, -0.05) is 24.3 Å². The van der Waals surface area contributed by atoms with E-state index in [9.17, 15) is 14.9 Å². The number of benzene rings is 1. The molecule has 1 amide bonds. The van der Waals surface area contributed by atoms with Crippen molar-refractivity contribution in [1.82, 2.24) is 20.1 Å². The fourth-order valence-electron chi connectivity index (χ4n) is 3.13. The number of hydrogen-bond donors (Lipinski definition) is 1. The topological polar surface area (TPSA) is 112 Å². The quantitative estimate of drug-likeness (QED) is 0.318. The van der Waals surface area contributed by atoms with Gasteiger partial charge in [-0.05, 0) is 45.0 Å². The lowest BCUT2D eigenvalue weighted by molar-refractivity contribution is -0.384. The molecule has 0 saturated carbocycles. The lowest BCUT2D eigenvalue weighted by atomic mass is 10.1. The number of amides is 1. The molecule has 1 atom stereocenters. The Morgan fingerprint density at radius 1 is 1.31 bits per heavy atom. The molecule has 0 fully saturated rings. The van der Waals surface area contributed by atoms with Crippen LogP contribution in [0, 0.1) is 10.1 Å². The summed E-state index contributed by atoms with van der Waals surface area (Å²) in [6.07, 6.45) is 3.40. The molecule has 9 nitrogen and oxygen atoms in total. The van der Waals surface area contributed by atoms with E-state index in [0.29, 0.717) is 29.1 Å². The van der Waals surface area contributed by atoms with Crippen molar-refractivity contribution >= 4 is 11.8 Å². The van der Waals surface area contributed by atoms with E-state index in [0.717, 1.165) is 0 Å². The predicted molar refractivity (Wildman–Crippen MR) is 120 cm³/mol. The summed E-state index contributed by atoms with van der Waals surface area (Å²) in [4.78, 5) is 27.9. The predicted octanol–water partition coefficient (Wildman–Crippen LogP) is 4.98. The SMILES string of the molecule is C=CC[C@H](OC(=O)NC(C)(C)C)c1cc(-c2c([N+](=O)[O-])cnn2-c2ccccc2)ccn1. The second kappa shape index (κ2) is 9.42. The van der Waals surface area contributed by atoms with Crippen LogP contribution in [-0.2, 0) is 4.74 Å². The van der Waals surface area contributed by atoms with Gasteiger partial charge in [0, 0.05) is 23.7 Å². The van der Waals surface area contributed by atoms with E-state index in [1.54, 1.807) is 18.2 Å². The molecule has 9 heteroatoms. The average Bonchev–Trinajstić information content (AvgIpc) is 3.18. The third-order valence-corrected chi connectivity index (χ3v) is 4.44. The highest BCUT2D eigenvalue weighted by Gasteiger charge is 2.26. The summed E-state index contributed by atoms with van der Waals surface area (Å²) < 4.78 is 7.08. The van der Waals surface area contributed by atoms with Gasteiger partial charge in [0.05, 0.1) is 16.3 Å². The second-order valence-corrected chi connectivity index (χ2v) is 8.15. The first kappa shape index (κ1) is 22.7. The van der Waals surface area contributed by atoms with Gasteiger partial charge < -0.3 is 10.1 Å². The Morgan fingerprint density at radius 3 is 2.66 bits per heavy atom. The van der Waals surface area contributed by atoms with Gasteiger partial charge in [-0.15, -0.1) is 6.58 Å². The van der Waals surface area contributed by atoms with Gasteiger partial charge in [-0.25, -0.2) is 9.48 Å². The number of pyridine rings is 1. The maximum Gasteiger partial charge on any atom is 0.408 e. The number of ether oxygens (including phenoxy) is 1. The van der Waals surface area contributed by atoms with E-state index in [-0.39, 0.29) is 5.69 Å². The van der Waals surface area contributed by atoms with Gasteiger partial charge in [-0.2, -0.15) is 5.10 Å². The van der Waals surface area contributed by atoms with Crippen molar-refractivity contribution < 1.29 is 14.5 Å². The molecule has 0 spiro atoms. The van der Waals surface area contributed by atoms with Crippen LogP contribution in [0.5, 0.6) is 0 Å². The molecule has 0 bridgehead atoms. The van der Waals surface area contributed by atoms with Crippen LogP contribution in [0.25, 0.3) is 16.9 Å². The first-order valence-corrected chi connectivity index (χ1v) is 10.0. The Labute approximate surface area is 185 Å². The summed E-state index contributed by atoms with van der Waals surface area (Å²) in [6, 6.07) is 12.4. The van der Waals surface area contributed by atoms with Gasteiger partial charge in [0.1, 0.15) is 12.3 Å². The minimum atomic E-state index is -0.707. The zero-order chi connectivity index (χ0) is 23.3. The van der Waals surface area contributed by atoms with Crippen molar-refractivity contribution in [3.8, 4) is 16.9 Å². The minimum Gasteiger partial charge on any atom is -0.439 e. The molecule has 2 aromatic heterocycles. The summed E-state index contributed by atoms with van der Waals surface area (Å²) in [6.45, 7) is 9.27. The number of carbonyl (C=O) groups is 1. The van der Waals surface area contributed by atoms with Crippen molar-refractivity contribution in [1.29, 1.82) is 0 Å². The summed E-state index contributed by atoms with van der Waals surface area (Å²) in [7, 11) is 0. The zero-order valence-electron chi connectivity index (χ0n) is 18.2. The molecule has 166 valence electrons. The number of aromatic nitrogens is 3. The van der Waals surface area contributed by atoms with Crippen molar-refractivity contribution in [2.24, 2.45) is 0 Å². The molecule has 1 N–H and O–H groups in total. The summed E-state index contributed by atoms with van der Waals surface area (Å²) >= 11 is 0. The number of rotatable bonds is 7. The highest BCUT2D eigenvalue weighted by molar-refractivity contribution is 5.72. The number of hydrogen-bond acceptors (Lipinski definition) is 6. The maximum atomic E-state index is 12.3. The monoisotopic (exact) mass is 435 g/mol. The van der Waals surface area contributed by atoms with Crippen molar-refractivity contribution in [2.75, 3.05) is 0 Å². The van der Waals surface area contributed by atoms with Crippen LogP contribution in [0.2, 0.25) is 0 Å². The molecule has 0 aliphatic carbocycles. The number of alkyl carbamates (subject to hydrolysis) is 1. The maximum absolute atomic E-state index is 12.3. The first-order valence-electron chi connectivity index (χ1n) is 10.0.